The van der Waals surface area contributed by atoms with E-state index in [-0.39, 0.29) is 18.0 Å². The number of rotatable bonds is 3. The highest BCUT2D eigenvalue weighted by Crippen LogP contribution is 2.40. The Hall–Kier alpha value is -1.88. The van der Waals surface area contributed by atoms with Crippen molar-refractivity contribution >= 4 is 11.9 Å². The molecule has 0 aliphatic carbocycles. The van der Waals surface area contributed by atoms with Crippen LogP contribution >= 0.6 is 0 Å². The molecule has 2 aliphatic rings. The van der Waals surface area contributed by atoms with E-state index >= 15 is 0 Å². The first kappa shape index (κ1) is 15.0. The van der Waals surface area contributed by atoms with Gasteiger partial charge >= 0.3 is 11.9 Å². The highest BCUT2D eigenvalue weighted by Gasteiger charge is 2.50. The Bertz CT molecular complexity index is 559. The average molecular weight is 302 g/mol. The van der Waals surface area contributed by atoms with Crippen LogP contribution in [0.5, 0.6) is 0 Å². The van der Waals surface area contributed by atoms with Crippen LogP contribution in [-0.2, 0) is 14.3 Å². The fraction of sp³-hybridized carbons (Fsp3) is 0.529. The van der Waals surface area contributed by atoms with Crippen molar-refractivity contribution in [3.8, 4) is 0 Å². The van der Waals surface area contributed by atoms with Gasteiger partial charge in [0.1, 0.15) is 12.0 Å². The van der Waals surface area contributed by atoms with Crippen molar-refractivity contribution in [2.45, 2.75) is 37.5 Å². The number of methoxy groups -OCH3 is 1. The quantitative estimate of drug-likeness (QED) is 0.798. The summed E-state index contributed by atoms with van der Waals surface area (Å²) in [6, 6.07) is 9.36. The molecule has 2 saturated heterocycles. The summed E-state index contributed by atoms with van der Waals surface area (Å²) in [5.74, 6) is -1.06. The smallest absolute Gasteiger partial charge is 0.338 e. The van der Waals surface area contributed by atoms with Gasteiger partial charge in [-0.15, -0.1) is 0 Å². The van der Waals surface area contributed by atoms with Crippen molar-refractivity contribution in [2.24, 2.45) is 5.92 Å². The van der Waals surface area contributed by atoms with E-state index in [1.54, 1.807) is 24.3 Å². The molecule has 0 saturated carbocycles. The Kier molecular flexibility index (Phi) is 4.16. The van der Waals surface area contributed by atoms with E-state index in [1.165, 1.54) is 7.11 Å². The second kappa shape index (κ2) is 6.08. The van der Waals surface area contributed by atoms with Crippen molar-refractivity contribution in [3.63, 3.8) is 0 Å². The summed E-state index contributed by atoms with van der Waals surface area (Å²) < 4.78 is 10.6. The van der Waals surface area contributed by atoms with Gasteiger partial charge in [0.15, 0.2) is 0 Å². The van der Waals surface area contributed by atoms with Crippen LogP contribution in [0.3, 0.4) is 0 Å². The molecule has 5 nitrogen and oxygen atoms in total. The first-order valence-electron chi connectivity index (χ1n) is 7.67. The summed E-state index contributed by atoms with van der Waals surface area (Å²) in [6.07, 6.45) is 2.26. The second-order valence-electron chi connectivity index (χ2n) is 6.06. The van der Waals surface area contributed by atoms with Gasteiger partial charge < -0.3 is 9.47 Å². The molecule has 0 spiro atoms. The Morgan fingerprint density at radius 3 is 2.59 bits per heavy atom. The molecular weight excluding hydrogens is 281 g/mol. The Morgan fingerprint density at radius 2 is 1.91 bits per heavy atom. The molecule has 3 rings (SSSR count). The van der Waals surface area contributed by atoms with E-state index in [4.69, 9.17) is 9.47 Å². The average Bonchev–Trinajstić information content (AvgIpc) is 2.78. The van der Waals surface area contributed by atoms with Crippen molar-refractivity contribution in [1.82, 2.24) is 4.90 Å². The number of piperidine rings is 1. The first-order chi connectivity index (χ1) is 10.6. The molecule has 2 bridgehead atoms. The number of ether oxygens (including phenoxy) is 2. The van der Waals surface area contributed by atoms with Gasteiger partial charge in [-0.25, -0.2) is 4.79 Å². The van der Waals surface area contributed by atoms with Gasteiger partial charge in [-0.05, 0) is 32.0 Å². The minimum atomic E-state index is -0.408. The lowest BCUT2D eigenvalue weighted by molar-refractivity contribution is -0.156. The maximum absolute atomic E-state index is 12.3. The third-order valence-electron chi connectivity index (χ3n) is 4.96. The van der Waals surface area contributed by atoms with E-state index < -0.39 is 12.0 Å². The van der Waals surface area contributed by atoms with Crippen molar-refractivity contribution < 1.29 is 19.1 Å². The van der Waals surface area contributed by atoms with Crippen LogP contribution in [0, 0.1) is 5.92 Å². The fourth-order valence-electron chi connectivity index (χ4n) is 3.77. The molecule has 0 N–H and O–H groups in total. The molecule has 4 atom stereocenters. The van der Waals surface area contributed by atoms with Crippen LogP contribution in [-0.4, -0.2) is 49.2 Å². The van der Waals surface area contributed by atoms with Crippen LogP contribution in [0.2, 0.25) is 0 Å². The van der Waals surface area contributed by atoms with Crippen LogP contribution in [0.15, 0.2) is 30.3 Å². The zero-order chi connectivity index (χ0) is 15.7. The zero-order valence-corrected chi connectivity index (χ0v) is 12.9. The molecule has 0 amide bonds. The van der Waals surface area contributed by atoms with E-state index in [9.17, 15) is 9.59 Å². The highest BCUT2D eigenvalue weighted by molar-refractivity contribution is 5.89. The molecule has 2 fully saturated rings. The standard InChI is InChI=1S/C17H21NO4/c1-18-12-8-9-13(18)15(17(20)21-2)14(10-12)22-16(19)11-6-4-3-5-7-11/h3-7,12-15H,8-10H2,1-2H3/t12-,13?,14+,15?/m1/s1/i1-1. The molecular formula is C17H21NO4. The van der Waals surface area contributed by atoms with Gasteiger partial charge in [0.05, 0.1) is 12.7 Å². The van der Waals surface area contributed by atoms with Crippen LogP contribution in [0.1, 0.15) is 29.6 Å². The Morgan fingerprint density at radius 1 is 1.18 bits per heavy atom. The molecule has 2 aliphatic heterocycles. The van der Waals surface area contributed by atoms with E-state index in [2.05, 4.69) is 4.90 Å². The van der Waals surface area contributed by atoms with Crippen molar-refractivity contribution in [2.75, 3.05) is 14.2 Å². The molecule has 1 aromatic carbocycles. The zero-order valence-electron chi connectivity index (χ0n) is 12.9. The normalized spacial score (nSPS) is 30.8. The summed E-state index contributed by atoms with van der Waals surface area (Å²) >= 11 is 0. The minimum absolute atomic E-state index is 0.0970. The lowest BCUT2D eigenvalue weighted by Crippen LogP contribution is -2.53. The maximum Gasteiger partial charge on any atom is 0.338 e. The number of carbonyl (C=O) groups is 2. The molecule has 2 unspecified atom stereocenters. The van der Waals surface area contributed by atoms with Gasteiger partial charge in [0.2, 0.25) is 0 Å². The molecule has 5 heteroatoms. The second-order valence-corrected chi connectivity index (χ2v) is 6.06. The third kappa shape index (κ3) is 2.61. The Balaban J connectivity index is 1.79. The minimum Gasteiger partial charge on any atom is -0.469 e. The Labute approximate surface area is 130 Å². The largest absolute Gasteiger partial charge is 0.469 e. The lowest BCUT2D eigenvalue weighted by Gasteiger charge is -2.40. The lowest BCUT2D eigenvalue weighted by atomic mass is 9.86. The summed E-state index contributed by atoms with van der Waals surface area (Å²) in [5.41, 5.74) is 0.511. The maximum atomic E-state index is 12.3. The number of hydrogen-bond acceptors (Lipinski definition) is 5. The van der Waals surface area contributed by atoms with Crippen LogP contribution in [0.25, 0.3) is 0 Å². The summed E-state index contributed by atoms with van der Waals surface area (Å²) in [7, 11) is 3.42. The third-order valence-corrected chi connectivity index (χ3v) is 4.96. The number of hydrogen-bond donors (Lipinski definition) is 0. The summed E-state index contributed by atoms with van der Waals surface area (Å²) in [4.78, 5) is 26.7. The SMILES string of the molecule is COC(=O)C1C2CC[C@H](C[C@@H]1OC(=O)c1ccccc1)N2[11CH3]. The van der Waals surface area contributed by atoms with Gasteiger partial charge in [-0.2, -0.15) is 0 Å². The van der Waals surface area contributed by atoms with Crippen LogP contribution in [0.4, 0.5) is 0 Å². The molecule has 22 heavy (non-hydrogen) atoms. The van der Waals surface area contributed by atoms with E-state index in [0.29, 0.717) is 18.0 Å². The van der Waals surface area contributed by atoms with Gasteiger partial charge in [-0.3, -0.25) is 9.69 Å². The fourth-order valence-corrected chi connectivity index (χ4v) is 3.77. The van der Waals surface area contributed by atoms with Gasteiger partial charge in [0.25, 0.3) is 0 Å². The van der Waals surface area contributed by atoms with Crippen molar-refractivity contribution in [3.05, 3.63) is 35.9 Å². The molecule has 1 aromatic rings. The topological polar surface area (TPSA) is 55.8 Å². The monoisotopic (exact) mass is 302 g/mol. The predicted octanol–water partition coefficient (Wildman–Crippen LogP) is 1.87. The van der Waals surface area contributed by atoms with E-state index in [1.807, 2.05) is 13.1 Å². The highest BCUT2D eigenvalue weighted by atomic mass is 16.6. The predicted molar refractivity (Wildman–Crippen MR) is 80.3 cm³/mol. The number of nitrogens with zero attached hydrogens (tertiary/aromatic N) is 1. The van der Waals surface area contributed by atoms with Gasteiger partial charge in [-0.1, -0.05) is 18.2 Å². The summed E-state index contributed by atoms with van der Waals surface area (Å²) in [6.45, 7) is 0. The summed E-state index contributed by atoms with van der Waals surface area (Å²) in [5, 5.41) is 0. The first-order valence-corrected chi connectivity index (χ1v) is 7.67. The molecule has 0 aromatic heterocycles. The number of benzene rings is 1. The number of esters is 2. The molecule has 0 radical (unpaired) electrons. The number of fused-ring (bicyclic) bond motifs is 2. The van der Waals surface area contributed by atoms with Crippen LogP contribution < -0.4 is 0 Å². The van der Waals surface area contributed by atoms with E-state index in [0.717, 1.165) is 12.8 Å². The van der Waals surface area contributed by atoms with Gasteiger partial charge in [0, 0.05) is 18.5 Å². The molecule has 118 valence electrons. The number of carbonyl (C=O) groups excluding carboxylic acids is 2. The van der Waals surface area contributed by atoms with Crippen molar-refractivity contribution in [1.29, 1.82) is 0 Å². The molecule has 2 heterocycles.